The minimum atomic E-state index is 0.225. The minimum Gasteiger partial charge on any atom is -0.358 e. The van der Waals surface area contributed by atoms with E-state index >= 15 is 0 Å². The first-order valence-electron chi connectivity index (χ1n) is 22.1. The molecule has 0 radical (unpaired) electrons. The Hall–Kier alpha value is -4.70. The monoisotopic (exact) mass is 732 g/mol. The number of rotatable bonds is 4. The number of fused-ring (bicyclic) bond motifs is 6. The molecule has 4 heteroatoms. The van der Waals surface area contributed by atoms with E-state index in [0.717, 1.165) is 46.9 Å². The number of hydrogen-bond donors (Lipinski definition) is 2. The van der Waals surface area contributed by atoms with Gasteiger partial charge in [0.15, 0.2) is 0 Å². The molecule has 2 atom stereocenters. The van der Waals surface area contributed by atoms with Gasteiger partial charge < -0.3 is 9.97 Å². The summed E-state index contributed by atoms with van der Waals surface area (Å²) in [7, 11) is 0. The van der Waals surface area contributed by atoms with Crippen LogP contribution in [-0.4, -0.2) is 21.4 Å². The summed E-state index contributed by atoms with van der Waals surface area (Å²) in [5, 5.41) is 0. The molecule has 2 unspecified atom stereocenters. The fraction of sp³-hybridized carbons (Fsp3) is 0.423. The lowest BCUT2D eigenvalue weighted by Gasteiger charge is -2.59. The molecule has 16 bridgehead atoms. The second-order valence-electron chi connectivity index (χ2n) is 20.1. The van der Waals surface area contributed by atoms with Crippen LogP contribution in [0.4, 0.5) is 0 Å². The Balaban J connectivity index is 1.06. The first-order chi connectivity index (χ1) is 27.5. The summed E-state index contributed by atoms with van der Waals surface area (Å²) in [6, 6.07) is 31.7. The van der Waals surface area contributed by atoms with E-state index in [4.69, 9.17) is 9.98 Å². The van der Waals surface area contributed by atoms with Crippen molar-refractivity contribution in [2.24, 2.45) is 56.3 Å². The molecule has 56 heavy (non-hydrogen) atoms. The number of aromatic amines is 2. The predicted molar refractivity (Wildman–Crippen MR) is 226 cm³/mol. The van der Waals surface area contributed by atoms with Gasteiger partial charge >= 0.3 is 0 Å². The van der Waals surface area contributed by atoms with Gasteiger partial charge in [0.25, 0.3) is 0 Å². The summed E-state index contributed by atoms with van der Waals surface area (Å²) in [5.41, 5.74) is 15.0. The van der Waals surface area contributed by atoms with Gasteiger partial charge in [-0.25, -0.2) is 0 Å². The van der Waals surface area contributed by atoms with Gasteiger partial charge in [0.2, 0.25) is 0 Å². The molecule has 15 rings (SSSR count). The third kappa shape index (κ3) is 4.89. The number of hydrogen-bond acceptors (Lipinski definition) is 2. The number of allylic oxidation sites excluding steroid dienone is 4. The Morgan fingerprint density at radius 3 is 1.12 bits per heavy atom. The van der Waals surface area contributed by atoms with E-state index in [9.17, 15) is 0 Å². The first kappa shape index (κ1) is 32.4. The molecule has 2 aromatic carbocycles. The molecule has 4 nitrogen and oxygen atoms in total. The number of nitrogens with zero attached hydrogens (tertiary/aromatic N) is 2. The number of aromatic nitrogens is 2. The van der Waals surface area contributed by atoms with E-state index in [1.165, 1.54) is 134 Å². The highest BCUT2D eigenvalue weighted by Gasteiger charge is 2.57. The summed E-state index contributed by atoms with van der Waals surface area (Å²) in [4.78, 5) is 19.8. The normalized spacial score (nSPS) is 39.8. The minimum absolute atomic E-state index is 0.225. The molecule has 8 aliphatic carbocycles. The highest BCUT2D eigenvalue weighted by Crippen LogP contribution is 2.67. The topological polar surface area (TPSA) is 56.3 Å². The van der Waals surface area contributed by atoms with E-state index in [2.05, 4.69) is 119 Å². The van der Waals surface area contributed by atoms with Crippen LogP contribution >= 0.6 is 0 Å². The standard InChI is InChI=1S/C52H52N4/c1-3-7-37(8-4-1)47-39-11-15-43(53-39)49(51-25-31-19-32(26-51)21-33(20-31)27-51)45-17-13-41(55-45)48(38-9-5-2-6-10-38)42-14-18-46(56-42)50(44-16-12-40(47)54-44)52-28-34-22-35(29-52)24-36(23-34)30-52/h1-18,31-36,49-50,53,56H,19-30H2/b47-40-,48-41-. The maximum atomic E-state index is 5.77. The molecule has 4 aromatic rings. The molecule has 3 aliphatic heterocycles. The average molecular weight is 733 g/mol. The molecule has 280 valence electrons. The maximum Gasteiger partial charge on any atom is 0.0733 e. The van der Waals surface area contributed by atoms with E-state index in [1.54, 1.807) is 0 Å². The van der Waals surface area contributed by atoms with Gasteiger partial charge in [-0.1, -0.05) is 60.7 Å². The molecule has 0 saturated heterocycles. The lowest BCUT2D eigenvalue weighted by atomic mass is 9.45. The quantitative estimate of drug-likeness (QED) is 0.210. The van der Waals surface area contributed by atoms with Crippen LogP contribution in [0.25, 0.3) is 11.1 Å². The molecule has 5 heterocycles. The summed E-state index contributed by atoms with van der Waals surface area (Å²) in [5.74, 6) is 5.59. The lowest BCUT2D eigenvalue weighted by molar-refractivity contribution is -0.0579. The van der Waals surface area contributed by atoms with Crippen molar-refractivity contribution in [3.05, 3.63) is 155 Å². The first-order valence-corrected chi connectivity index (χ1v) is 22.1. The van der Waals surface area contributed by atoms with Gasteiger partial charge in [0.1, 0.15) is 0 Å². The van der Waals surface area contributed by atoms with Crippen molar-refractivity contribution < 1.29 is 0 Å². The highest BCUT2D eigenvalue weighted by atomic mass is 14.9. The van der Waals surface area contributed by atoms with Gasteiger partial charge in [-0.3, -0.25) is 9.98 Å². The number of H-pyrrole nitrogens is 2. The van der Waals surface area contributed by atoms with Crippen LogP contribution < -0.4 is 0 Å². The highest BCUT2D eigenvalue weighted by molar-refractivity contribution is 6.07. The Labute approximate surface area is 331 Å². The molecule has 8 saturated carbocycles. The van der Waals surface area contributed by atoms with Gasteiger partial charge in [-0.15, -0.1) is 0 Å². The number of aliphatic imine (C=N–C) groups is 2. The van der Waals surface area contributed by atoms with Crippen molar-refractivity contribution in [2.75, 3.05) is 0 Å². The van der Waals surface area contributed by atoms with E-state index in [1.807, 2.05) is 0 Å². The van der Waals surface area contributed by atoms with E-state index < -0.39 is 0 Å². The molecule has 0 spiro atoms. The summed E-state index contributed by atoms with van der Waals surface area (Å²) in [6.07, 6.45) is 26.0. The Morgan fingerprint density at radius 2 is 0.768 bits per heavy atom. The molecular formula is C52H52N4. The Morgan fingerprint density at radius 1 is 0.411 bits per heavy atom. The summed E-state index contributed by atoms with van der Waals surface area (Å²) < 4.78 is 0. The van der Waals surface area contributed by atoms with E-state index in [0.29, 0.717) is 0 Å². The summed E-state index contributed by atoms with van der Waals surface area (Å²) >= 11 is 0. The van der Waals surface area contributed by atoms with Crippen molar-refractivity contribution in [2.45, 2.75) is 88.9 Å². The average Bonchev–Trinajstić information content (AvgIpc) is 4.02. The molecule has 2 aromatic heterocycles. The zero-order valence-corrected chi connectivity index (χ0v) is 32.4. The van der Waals surface area contributed by atoms with Crippen LogP contribution in [0.2, 0.25) is 0 Å². The SMILES string of the molecule is C1=C/C2=C(\c3ccccc3)c3ccc([nH]3)C(C34CC5CC(CC(C5)C3)C4)C3=N/C(=C(/c4ccccc4)c4ccc([nH]4)C(C45CC6CC(CC(C6)C4)C5)C1=N2)C=C3. The number of nitrogens with one attached hydrogen (secondary N) is 2. The number of benzene rings is 2. The zero-order valence-electron chi connectivity index (χ0n) is 32.4. The van der Waals surface area contributed by atoms with Crippen LogP contribution in [0.3, 0.4) is 0 Å². The van der Waals surface area contributed by atoms with Crippen LogP contribution in [0.1, 0.15) is 123 Å². The van der Waals surface area contributed by atoms with Crippen LogP contribution in [0, 0.1) is 46.3 Å². The maximum absolute atomic E-state index is 5.77. The smallest absolute Gasteiger partial charge is 0.0733 e. The molecular weight excluding hydrogens is 681 g/mol. The summed E-state index contributed by atoms with van der Waals surface area (Å²) in [6.45, 7) is 0. The van der Waals surface area contributed by atoms with Gasteiger partial charge in [-0.05, 0) is 183 Å². The van der Waals surface area contributed by atoms with Gasteiger partial charge in [-0.2, -0.15) is 0 Å². The van der Waals surface area contributed by atoms with Crippen LogP contribution in [-0.2, 0) is 0 Å². The Kier molecular flexibility index (Phi) is 6.89. The van der Waals surface area contributed by atoms with Crippen molar-refractivity contribution in [3.63, 3.8) is 0 Å². The lowest BCUT2D eigenvalue weighted by Crippen LogP contribution is -2.50. The molecule has 8 fully saturated rings. The van der Waals surface area contributed by atoms with Crippen molar-refractivity contribution >= 4 is 22.6 Å². The van der Waals surface area contributed by atoms with Crippen molar-refractivity contribution in [3.8, 4) is 0 Å². The van der Waals surface area contributed by atoms with Crippen molar-refractivity contribution in [1.29, 1.82) is 0 Å². The zero-order chi connectivity index (χ0) is 36.6. The molecule has 11 aliphatic rings. The van der Waals surface area contributed by atoms with Gasteiger partial charge in [0, 0.05) is 45.8 Å². The van der Waals surface area contributed by atoms with Crippen LogP contribution in [0.5, 0.6) is 0 Å². The third-order valence-electron chi connectivity index (χ3n) is 16.5. The van der Waals surface area contributed by atoms with E-state index in [-0.39, 0.29) is 22.7 Å². The second kappa shape index (κ2) is 11.9. The fourth-order valence-corrected chi connectivity index (χ4v) is 15.6. The fourth-order valence-electron chi connectivity index (χ4n) is 15.6. The predicted octanol–water partition coefficient (Wildman–Crippen LogP) is 12.2. The van der Waals surface area contributed by atoms with Crippen LogP contribution in [0.15, 0.2) is 131 Å². The second-order valence-corrected chi connectivity index (χ2v) is 20.1. The molecule has 2 N–H and O–H groups in total. The Bertz CT molecular complexity index is 2200. The largest absolute Gasteiger partial charge is 0.358 e. The molecule has 0 amide bonds. The van der Waals surface area contributed by atoms with Gasteiger partial charge in [0.05, 0.1) is 22.8 Å². The third-order valence-corrected chi connectivity index (χ3v) is 16.5. The van der Waals surface area contributed by atoms with Crippen molar-refractivity contribution in [1.82, 2.24) is 9.97 Å².